The third kappa shape index (κ3) is 6.53. The monoisotopic (exact) mass is 574 g/mol. The number of allylic oxidation sites excluding steroid dienone is 4. The molecule has 212 valence electrons. The van der Waals surface area contributed by atoms with E-state index in [0.29, 0.717) is 25.8 Å². The highest BCUT2D eigenvalue weighted by Crippen LogP contribution is 2.35. The molecule has 3 aliphatic heterocycles. The third-order valence-electron chi connectivity index (χ3n) is 8.28. The lowest BCUT2D eigenvalue weighted by Crippen LogP contribution is -2.55. The van der Waals surface area contributed by atoms with Crippen LogP contribution in [0.1, 0.15) is 62.7 Å². The van der Waals surface area contributed by atoms with Crippen molar-refractivity contribution >= 4 is 39.0 Å². The van der Waals surface area contributed by atoms with E-state index in [4.69, 9.17) is 0 Å². The number of rotatable bonds is 9. The Kier molecular flexibility index (Phi) is 8.70. The smallest absolute Gasteiger partial charge is 0.250 e. The first-order valence-corrected chi connectivity index (χ1v) is 16.3. The van der Waals surface area contributed by atoms with Gasteiger partial charge in [-0.2, -0.15) is 4.72 Å². The van der Waals surface area contributed by atoms with Gasteiger partial charge in [-0.15, -0.1) is 11.3 Å². The molecule has 0 spiro atoms. The van der Waals surface area contributed by atoms with Gasteiger partial charge in [0.15, 0.2) is 5.78 Å². The molecule has 3 fully saturated rings. The Morgan fingerprint density at radius 3 is 2.59 bits per heavy atom. The molecule has 3 atom stereocenters. The van der Waals surface area contributed by atoms with Crippen molar-refractivity contribution < 1.29 is 22.8 Å². The number of amides is 2. The van der Waals surface area contributed by atoms with Crippen LogP contribution in [0.5, 0.6) is 0 Å². The van der Waals surface area contributed by atoms with Crippen molar-refractivity contribution in [3.8, 4) is 0 Å². The molecule has 39 heavy (non-hydrogen) atoms. The Morgan fingerprint density at radius 2 is 1.82 bits per heavy atom. The predicted octanol–water partition coefficient (Wildman–Crippen LogP) is 2.66. The maximum Gasteiger partial charge on any atom is 0.250 e. The van der Waals surface area contributed by atoms with Crippen LogP contribution in [0.4, 0.5) is 0 Å². The molecule has 1 aliphatic carbocycles. The van der Waals surface area contributed by atoms with E-state index in [1.54, 1.807) is 18.2 Å². The molecule has 1 N–H and O–H groups in total. The Morgan fingerprint density at radius 1 is 1.05 bits per heavy atom. The number of thiophene rings is 1. The molecular formula is C28H38N4O5S2. The van der Waals surface area contributed by atoms with Crippen molar-refractivity contribution in [2.75, 3.05) is 39.3 Å². The zero-order valence-corrected chi connectivity index (χ0v) is 24.1. The lowest BCUT2D eigenvalue weighted by Gasteiger charge is -2.34. The number of carbonyl (C=O) groups excluding carboxylic acids is 3. The molecule has 0 radical (unpaired) electrons. The summed E-state index contributed by atoms with van der Waals surface area (Å²) in [5.41, 5.74) is 0.720. The molecule has 1 aromatic rings. The van der Waals surface area contributed by atoms with Crippen LogP contribution in [0.3, 0.4) is 0 Å². The summed E-state index contributed by atoms with van der Waals surface area (Å²) in [6.07, 6.45) is 11.6. The summed E-state index contributed by atoms with van der Waals surface area (Å²) in [6.45, 7) is 5.78. The van der Waals surface area contributed by atoms with E-state index in [9.17, 15) is 22.8 Å². The molecule has 0 bridgehead atoms. The lowest BCUT2D eigenvalue weighted by molar-refractivity contribution is -0.143. The zero-order chi connectivity index (χ0) is 27.6. The first-order valence-electron chi connectivity index (χ1n) is 14.0. The van der Waals surface area contributed by atoms with Gasteiger partial charge in [-0.05, 0) is 82.7 Å². The average molecular weight is 575 g/mol. The third-order valence-corrected chi connectivity index (χ3v) is 11.5. The SMILES string of the molecule is CC(=O)C1=CC=CC(c2ccc(S(=O)(=O)N[C@H]3CCCN(CC(=O)N4CCC[C@H]4CN4CCCC4)C3=O)s2)C1. The number of carbonyl (C=O) groups is 3. The number of hydrogen-bond donors (Lipinski definition) is 1. The Bertz CT molecular complexity index is 1260. The highest BCUT2D eigenvalue weighted by atomic mass is 32.2. The highest BCUT2D eigenvalue weighted by molar-refractivity contribution is 7.91. The molecule has 9 nitrogen and oxygen atoms in total. The number of nitrogens with zero attached hydrogens (tertiary/aromatic N) is 3. The number of hydrogen-bond acceptors (Lipinski definition) is 7. The average Bonchev–Trinajstić information content (AvgIpc) is 3.69. The van der Waals surface area contributed by atoms with Crippen LogP contribution >= 0.6 is 11.3 Å². The van der Waals surface area contributed by atoms with E-state index in [2.05, 4.69) is 9.62 Å². The summed E-state index contributed by atoms with van der Waals surface area (Å²) in [5.74, 6) is -0.422. The summed E-state index contributed by atoms with van der Waals surface area (Å²) in [7, 11) is -3.92. The molecule has 1 aromatic heterocycles. The summed E-state index contributed by atoms with van der Waals surface area (Å²) in [6, 6.07) is 2.64. The van der Waals surface area contributed by atoms with E-state index in [0.717, 1.165) is 60.8 Å². The number of nitrogens with one attached hydrogen (secondary N) is 1. The molecule has 0 aromatic carbocycles. The molecule has 3 saturated heterocycles. The predicted molar refractivity (Wildman–Crippen MR) is 150 cm³/mol. The molecule has 1 unspecified atom stereocenters. The molecule has 0 saturated carbocycles. The fraction of sp³-hybridized carbons (Fsp3) is 0.607. The van der Waals surface area contributed by atoms with Gasteiger partial charge in [-0.25, -0.2) is 8.42 Å². The topological polar surface area (TPSA) is 107 Å². The second-order valence-electron chi connectivity index (χ2n) is 11.1. The van der Waals surface area contributed by atoms with Crippen LogP contribution in [0, 0.1) is 0 Å². The van der Waals surface area contributed by atoms with Crippen LogP contribution in [0.2, 0.25) is 0 Å². The normalized spacial score (nSPS) is 26.3. The fourth-order valence-electron chi connectivity index (χ4n) is 6.14. The fourth-order valence-corrected chi connectivity index (χ4v) is 8.78. The number of ketones is 1. The molecular weight excluding hydrogens is 536 g/mol. The molecule has 5 rings (SSSR count). The van der Waals surface area contributed by atoms with Gasteiger partial charge < -0.3 is 14.7 Å². The van der Waals surface area contributed by atoms with Crippen LogP contribution < -0.4 is 4.72 Å². The van der Waals surface area contributed by atoms with Crippen LogP contribution in [0.25, 0.3) is 0 Å². The van der Waals surface area contributed by atoms with Gasteiger partial charge in [0.25, 0.3) is 10.0 Å². The molecule has 4 heterocycles. The maximum absolute atomic E-state index is 13.3. The van der Waals surface area contributed by atoms with E-state index < -0.39 is 16.1 Å². The van der Waals surface area contributed by atoms with E-state index in [1.807, 2.05) is 17.1 Å². The van der Waals surface area contributed by atoms with E-state index >= 15 is 0 Å². The minimum absolute atomic E-state index is 0.00325. The first kappa shape index (κ1) is 28.2. The van der Waals surface area contributed by atoms with Crippen LogP contribution in [0.15, 0.2) is 40.1 Å². The van der Waals surface area contributed by atoms with Gasteiger partial charge in [0, 0.05) is 36.5 Å². The Labute approximate surface area is 235 Å². The second kappa shape index (κ2) is 12.0. The van der Waals surface area contributed by atoms with Crippen LogP contribution in [-0.4, -0.2) is 92.1 Å². The van der Waals surface area contributed by atoms with Crippen molar-refractivity contribution in [3.63, 3.8) is 0 Å². The number of Topliss-reactive ketones (excluding diaryl/α,β-unsaturated/α-hetero) is 1. The minimum Gasteiger partial charge on any atom is -0.337 e. The summed E-state index contributed by atoms with van der Waals surface area (Å²) in [4.78, 5) is 45.0. The molecule has 4 aliphatic rings. The number of piperidine rings is 1. The Hall–Kier alpha value is -2.34. The summed E-state index contributed by atoms with van der Waals surface area (Å²) in [5, 5.41) is 0. The van der Waals surface area contributed by atoms with Crippen molar-refractivity contribution in [1.29, 1.82) is 0 Å². The van der Waals surface area contributed by atoms with Gasteiger partial charge in [0.05, 0.1) is 6.54 Å². The summed E-state index contributed by atoms with van der Waals surface area (Å²) < 4.78 is 29.2. The van der Waals surface area contributed by atoms with Gasteiger partial charge in [-0.1, -0.05) is 18.2 Å². The lowest BCUT2D eigenvalue weighted by atomic mass is 9.91. The maximum atomic E-state index is 13.3. The summed E-state index contributed by atoms with van der Waals surface area (Å²) >= 11 is 1.16. The highest BCUT2D eigenvalue weighted by Gasteiger charge is 2.37. The van der Waals surface area contributed by atoms with Gasteiger partial charge >= 0.3 is 0 Å². The first-order chi connectivity index (χ1) is 18.7. The van der Waals surface area contributed by atoms with Gasteiger partial charge in [0.2, 0.25) is 11.8 Å². The van der Waals surface area contributed by atoms with Crippen molar-refractivity contribution in [2.45, 2.75) is 74.1 Å². The van der Waals surface area contributed by atoms with Crippen molar-refractivity contribution in [1.82, 2.24) is 19.4 Å². The van der Waals surface area contributed by atoms with E-state index in [1.165, 1.54) is 24.7 Å². The van der Waals surface area contributed by atoms with Crippen molar-refractivity contribution in [3.05, 3.63) is 40.8 Å². The van der Waals surface area contributed by atoms with Gasteiger partial charge in [0.1, 0.15) is 10.3 Å². The molecule has 11 heteroatoms. The van der Waals surface area contributed by atoms with Crippen LogP contribution in [-0.2, 0) is 24.4 Å². The standard InChI is InChI=1S/C28H38N4O5S2/c1-20(33)21-7-4-8-22(17-21)25-11-12-27(38-25)39(36,37)29-24-10-6-15-31(28(24)35)19-26(34)32-16-5-9-23(32)18-30-13-2-3-14-30/h4,7-8,11-12,22-24,29H,2-3,5-6,9-10,13-19H2,1H3/t22?,23-,24-/m0/s1. The van der Waals surface area contributed by atoms with E-state index in [-0.39, 0.29) is 40.3 Å². The minimum atomic E-state index is -3.92. The second-order valence-corrected chi connectivity index (χ2v) is 14.1. The largest absolute Gasteiger partial charge is 0.337 e. The number of sulfonamides is 1. The van der Waals surface area contributed by atoms with Gasteiger partial charge in [-0.3, -0.25) is 14.4 Å². The quantitative estimate of drug-likeness (QED) is 0.486. The van der Waals surface area contributed by atoms with Crippen molar-refractivity contribution in [2.24, 2.45) is 0 Å². The zero-order valence-electron chi connectivity index (χ0n) is 22.5. The molecule has 2 amide bonds. The Balaban J connectivity index is 1.19. The number of likely N-dealkylation sites (tertiary alicyclic amines) is 3.